The molecule has 20 heavy (non-hydrogen) atoms. The molecule has 0 spiro atoms. The molecule has 1 aliphatic heterocycles. The molecule has 1 atom stereocenters. The minimum absolute atomic E-state index is 0.0373. The van der Waals surface area contributed by atoms with Gasteiger partial charge in [-0.05, 0) is 38.5 Å². The molecule has 0 bridgehead atoms. The molecule has 1 heterocycles. The Morgan fingerprint density at radius 1 is 1.35 bits per heavy atom. The molecule has 0 amide bonds. The van der Waals surface area contributed by atoms with Gasteiger partial charge in [0.25, 0.3) is 0 Å². The Morgan fingerprint density at radius 3 is 2.70 bits per heavy atom. The summed E-state index contributed by atoms with van der Waals surface area (Å²) >= 11 is 0. The van der Waals surface area contributed by atoms with Crippen molar-refractivity contribution >= 4 is 6.96 Å². The van der Waals surface area contributed by atoms with Gasteiger partial charge in [0.2, 0.25) is 0 Å². The van der Waals surface area contributed by atoms with E-state index in [1.54, 1.807) is 18.2 Å². The van der Waals surface area contributed by atoms with Crippen molar-refractivity contribution < 1.29 is 24.5 Å². The number of hydrogen-bond acceptors (Lipinski definition) is 6. The van der Waals surface area contributed by atoms with E-state index in [0.717, 1.165) is 5.56 Å². The van der Waals surface area contributed by atoms with Crippen LogP contribution in [0.5, 0.6) is 5.75 Å². The van der Waals surface area contributed by atoms with Crippen molar-refractivity contribution in [2.45, 2.75) is 39.0 Å². The van der Waals surface area contributed by atoms with Crippen molar-refractivity contribution in [3.63, 3.8) is 0 Å². The fourth-order valence-corrected chi connectivity index (χ4v) is 1.95. The summed E-state index contributed by atoms with van der Waals surface area (Å²) in [5.41, 5.74) is 1.33. The highest BCUT2D eigenvalue weighted by molar-refractivity contribution is 6.51. The molecule has 0 saturated carbocycles. The van der Waals surface area contributed by atoms with Crippen LogP contribution in [0.4, 0.5) is 0 Å². The van der Waals surface area contributed by atoms with Crippen molar-refractivity contribution in [3.05, 3.63) is 29.3 Å². The summed E-state index contributed by atoms with van der Waals surface area (Å²) in [5, 5.41) is 31.9. The molecule has 0 unspecified atom stereocenters. The summed E-state index contributed by atoms with van der Waals surface area (Å²) in [5.74, 6) is 0.362. The lowest BCUT2D eigenvalue weighted by Gasteiger charge is -2.37. The van der Waals surface area contributed by atoms with Crippen molar-refractivity contribution in [1.29, 1.82) is 0 Å². The van der Waals surface area contributed by atoms with Crippen LogP contribution < -0.4 is 9.97 Å². The average Bonchev–Trinajstić information content (AvgIpc) is 2.33. The largest absolute Gasteiger partial charge is 0.645 e. The third kappa shape index (κ3) is 3.94. The van der Waals surface area contributed by atoms with Crippen molar-refractivity contribution in [3.8, 4) is 5.75 Å². The monoisotopic (exact) mass is 282 g/mol. The zero-order chi connectivity index (χ0) is 15.0. The van der Waals surface area contributed by atoms with Crippen LogP contribution in [0.15, 0.2) is 18.2 Å². The number of rotatable bonds is 3. The first-order valence-corrected chi connectivity index (χ1v) is 6.63. The van der Waals surface area contributed by atoms with Gasteiger partial charge < -0.3 is 29.8 Å². The Hall–Kier alpha value is -1.12. The van der Waals surface area contributed by atoms with Gasteiger partial charge in [-0.2, -0.15) is 0 Å². The SMILES string of the molecule is CC(C)(C)NC[C@H](O)c1ccc2c(c1)CO[B-](O)(O)O2. The molecule has 1 aliphatic rings. The molecule has 112 valence electrons. The number of aliphatic hydroxyl groups is 1. The van der Waals surface area contributed by atoms with Crippen LogP contribution in [0.1, 0.15) is 38.0 Å². The number of β-amino-alcohol motifs (C(OH)–C–C–N with tert-alkyl or cyclic N) is 1. The summed E-state index contributed by atoms with van der Waals surface area (Å²) in [6.07, 6.45) is -0.653. The maximum Gasteiger partial charge on any atom is 0.586 e. The predicted octanol–water partition coefficient (Wildman–Crippen LogP) is 0.437. The number of nitrogens with one attached hydrogen (secondary N) is 1. The number of hydrogen-bond donors (Lipinski definition) is 4. The second-order valence-electron chi connectivity index (χ2n) is 6.08. The molecular formula is C13H21BNO5-. The summed E-state index contributed by atoms with van der Waals surface area (Å²) in [6, 6.07) is 5.05. The van der Waals surface area contributed by atoms with Gasteiger partial charge in [0.15, 0.2) is 0 Å². The summed E-state index contributed by atoms with van der Waals surface area (Å²) in [6.45, 7) is 3.32. The van der Waals surface area contributed by atoms with Crippen LogP contribution in [0, 0.1) is 0 Å². The smallest absolute Gasteiger partial charge is 0.586 e. The molecule has 0 saturated heterocycles. The van der Waals surface area contributed by atoms with Gasteiger partial charge in [0.1, 0.15) is 0 Å². The Balaban J connectivity index is 2.08. The lowest BCUT2D eigenvalue weighted by molar-refractivity contribution is 0.0496. The molecule has 0 radical (unpaired) electrons. The topological polar surface area (TPSA) is 91.2 Å². The Morgan fingerprint density at radius 2 is 2.05 bits per heavy atom. The Kier molecular flexibility index (Phi) is 4.08. The van der Waals surface area contributed by atoms with E-state index >= 15 is 0 Å². The fourth-order valence-electron chi connectivity index (χ4n) is 1.95. The molecule has 0 aromatic heterocycles. The van der Waals surface area contributed by atoms with Crippen LogP contribution in [0.3, 0.4) is 0 Å². The average molecular weight is 282 g/mol. The standard InChI is InChI=1S/C13H21BNO5/c1-13(2,3)15-7-11(16)9-4-5-12-10(6-9)8-19-14(17,18)20-12/h4-6,11,15-18H,7-8H2,1-3H3/q-1/t11-/m0/s1. The van der Waals surface area contributed by atoms with Gasteiger partial charge in [-0.3, -0.25) is 0 Å². The molecule has 1 aromatic rings. The second kappa shape index (κ2) is 5.35. The first-order valence-electron chi connectivity index (χ1n) is 6.63. The molecule has 1 aromatic carbocycles. The van der Waals surface area contributed by atoms with Crippen molar-refractivity contribution in [2.24, 2.45) is 0 Å². The lowest BCUT2D eigenvalue weighted by Crippen LogP contribution is -2.48. The molecule has 6 nitrogen and oxygen atoms in total. The van der Waals surface area contributed by atoms with E-state index in [-0.39, 0.29) is 12.1 Å². The third-order valence-electron chi connectivity index (χ3n) is 3.03. The van der Waals surface area contributed by atoms with Gasteiger partial charge in [-0.1, -0.05) is 6.07 Å². The summed E-state index contributed by atoms with van der Waals surface area (Å²) in [7, 11) is 0. The maximum atomic E-state index is 10.1. The normalized spacial score (nSPS) is 19.1. The number of aliphatic hydroxyl groups excluding tert-OH is 1. The van der Waals surface area contributed by atoms with E-state index in [4.69, 9.17) is 9.31 Å². The third-order valence-corrected chi connectivity index (χ3v) is 3.03. The molecule has 2 rings (SSSR count). The highest BCUT2D eigenvalue weighted by Crippen LogP contribution is 2.29. The molecule has 7 heteroatoms. The van der Waals surface area contributed by atoms with E-state index in [2.05, 4.69) is 5.32 Å². The second-order valence-corrected chi connectivity index (χ2v) is 6.08. The van der Waals surface area contributed by atoms with E-state index in [9.17, 15) is 15.2 Å². The first-order chi connectivity index (χ1) is 9.16. The number of fused-ring (bicyclic) bond motifs is 1. The van der Waals surface area contributed by atoms with Gasteiger partial charge in [-0.25, -0.2) is 0 Å². The van der Waals surface area contributed by atoms with Gasteiger partial charge in [0.05, 0.1) is 11.9 Å². The van der Waals surface area contributed by atoms with Gasteiger partial charge >= 0.3 is 6.96 Å². The van der Waals surface area contributed by atoms with Gasteiger partial charge in [-0.15, -0.1) is 0 Å². The predicted molar refractivity (Wildman–Crippen MR) is 74.8 cm³/mol. The fraction of sp³-hybridized carbons (Fsp3) is 0.538. The quantitative estimate of drug-likeness (QED) is 0.601. The van der Waals surface area contributed by atoms with E-state index in [0.29, 0.717) is 17.9 Å². The number of benzene rings is 1. The maximum absolute atomic E-state index is 10.1. The van der Waals surface area contributed by atoms with Crippen molar-refractivity contribution in [2.75, 3.05) is 6.54 Å². The van der Waals surface area contributed by atoms with E-state index in [1.807, 2.05) is 20.8 Å². The summed E-state index contributed by atoms with van der Waals surface area (Å²) < 4.78 is 9.72. The lowest BCUT2D eigenvalue weighted by atomic mass is 9.99. The molecule has 4 N–H and O–H groups in total. The zero-order valence-electron chi connectivity index (χ0n) is 12.0. The highest BCUT2D eigenvalue weighted by atomic mass is 16.8. The highest BCUT2D eigenvalue weighted by Gasteiger charge is 2.30. The Labute approximate surface area is 118 Å². The molecule has 0 fully saturated rings. The Bertz CT molecular complexity index is 486. The van der Waals surface area contributed by atoms with Crippen LogP contribution in [0.2, 0.25) is 0 Å². The van der Waals surface area contributed by atoms with Crippen LogP contribution >= 0.6 is 0 Å². The molecule has 0 aliphatic carbocycles. The van der Waals surface area contributed by atoms with E-state index in [1.165, 1.54) is 0 Å². The summed E-state index contributed by atoms with van der Waals surface area (Å²) in [4.78, 5) is 0. The first kappa shape index (κ1) is 15.3. The molecular weight excluding hydrogens is 261 g/mol. The van der Waals surface area contributed by atoms with Crippen LogP contribution in [0.25, 0.3) is 0 Å². The van der Waals surface area contributed by atoms with Crippen molar-refractivity contribution in [1.82, 2.24) is 5.32 Å². The van der Waals surface area contributed by atoms with Crippen LogP contribution in [-0.2, 0) is 11.3 Å². The minimum Gasteiger partial charge on any atom is -0.645 e. The zero-order valence-corrected chi connectivity index (χ0v) is 12.0. The minimum atomic E-state index is -3.22. The van der Waals surface area contributed by atoms with E-state index < -0.39 is 13.1 Å². The van der Waals surface area contributed by atoms with Crippen LogP contribution in [-0.4, -0.2) is 34.2 Å². The van der Waals surface area contributed by atoms with Gasteiger partial charge in [0, 0.05) is 24.3 Å².